The number of halogens is 1. The van der Waals surface area contributed by atoms with Crippen molar-refractivity contribution >= 4 is 11.6 Å². The van der Waals surface area contributed by atoms with Crippen molar-refractivity contribution in [1.29, 1.82) is 0 Å². The molecule has 1 aliphatic heterocycles. The van der Waals surface area contributed by atoms with Crippen molar-refractivity contribution in [2.45, 2.75) is 31.7 Å². The number of ether oxygens (including phenoxy) is 2. The lowest BCUT2D eigenvalue weighted by molar-refractivity contribution is 0.192. The first-order valence-electron chi connectivity index (χ1n) is 8.09. The molecule has 1 saturated heterocycles. The molecule has 0 atom stereocenters. The SMILES string of the molecule is CNC1CCN(CCCCOc2ccc(Cl)cc2OC)CC1. The van der Waals surface area contributed by atoms with Crippen LogP contribution in [0.1, 0.15) is 25.7 Å². The maximum absolute atomic E-state index is 5.94. The Morgan fingerprint density at radius 3 is 2.68 bits per heavy atom. The number of nitrogens with one attached hydrogen (secondary N) is 1. The summed E-state index contributed by atoms with van der Waals surface area (Å²) in [5, 5.41) is 4.03. The second-order valence-electron chi connectivity index (χ2n) is 5.76. The fourth-order valence-electron chi connectivity index (χ4n) is 2.83. The van der Waals surface area contributed by atoms with E-state index in [-0.39, 0.29) is 0 Å². The fourth-order valence-corrected chi connectivity index (χ4v) is 2.99. The van der Waals surface area contributed by atoms with E-state index in [4.69, 9.17) is 21.1 Å². The largest absolute Gasteiger partial charge is 0.493 e. The van der Waals surface area contributed by atoms with Crippen LogP contribution in [0.2, 0.25) is 5.02 Å². The Morgan fingerprint density at radius 1 is 1.23 bits per heavy atom. The number of hydrogen-bond donors (Lipinski definition) is 1. The average Bonchev–Trinajstić information content (AvgIpc) is 2.56. The van der Waals surface area contributed by atoms with Gasteiger partial charge in [0, 0.05) is 17.1 Å². The molecule has 4 nitrogen and oxygen atoms in total. The molecule has 0 bridgehead atoms. The van der Waals surface area contributed by atoms with Crippen LogP contribution in [-0.2, 0) is 0 Å². The predicted molar refractivity (Wildman–Crippen MR) is 91.3 cm³/mol. The summed E-state index contributed by atoms with van der Waals surface area (Å²) in [6, 6.07) is 6.18. The summed E-state index contributed by atoms with van der Waals surface area (Å²) in [6.07, 6.45) is 4.74. The molecule has 0 aromatic heterocycles. The highest BCUT2D eigenvalue weighted by molar-refractivity contribution is 6.30. The van der Waals surface area contributed by atoms with Gasteiger partial charge >= 0.3 is 0 Å². The van der Waals surface area contributed by atoms with E-state index in [1.165, 1.54) is 32.4 Å². The molecule has 0 radical (unpaired) electrons. The highest BCUT2D eigenvalue weighted by Crippen LogP contribution is 2.30. The van der Waals surface area contributed by atoms with E-state index in [2.05, 4.69) is 17.3 Å². The van der Waals surface area contributed by atoms with Gasteiger partial charge in [-0.2, -0.15) is 0 Å². The third kappa shape index (κ3) is 5.34. The van der Waals surface area contributed by atoms with Crippen molar-refractivity contribution in [3.8, 4) is 11.5 Å². The predicted octanol–water partition coefficient (Wildman–Crippen LogP) is 3.19. The van der Waals surface area contributed by atoms with E-state index < -0.39 is 0 Å². The first-order chi connectivity index (χ1) is 10.7. The second-order valence-corrected chi connectivity index (χ2v) is 6.19. The van der Waals surface area contributed by atoms with Crippen LogP contribution in [-0.4, -0.2) is 51.3 Å². The van der Waals surface area contributed by atoms with Gasteiger partial charge in [-0.25, -0.2) is 0 Å². The van der Waals surface area contributed by atoms with Crippen molar-refractivity contribution in [1.82, 2.24) is 10.2 Å². The number of nitrogens with zero attached hydrogens (tertiary/aromatic N) is 1. The van der Waals surface area contributed by atoms with Gasteiger partial charge in [0.15, 0.2) is 11.5 Å². The highest BCUT2D eigenvalue weighted by Gasteiger charge is 2.16. The number of piperidine rings is 1. The first-order valence-corrected chi connectivity index (χ1v) is 8.46. The minimum absolute atomic E-state index is 0.661. The Kier molecular flexibility index (Phi) is 7.30. The monoisotopic (exact) mass is 326 g/mol. The summed E-state index contributed by atoms with van der Waals surface area (Å²) in [4.78, 5) is 2.55. The third-order valence-electron chi connectivity index (χ3n) is 4.25. The van der Waals surface area contributed by atoms with Gasteiger partial charge in [0.2, 0.25) is 0 Å². The van der Waals surface area contributed by atoms with Gasteiger partial charge in [0.1, 0.15) is 0 Å². The van der Waals surface area contributed by atoms with Gasteiger partial charge in [0.05, 0.1) is 13.7 Å². The van der Waals surface area contributed by atoms with Crippen LogP contribution < -0.4 is 14.8 Å². The molecule has 1 aromatic carbocycles. The summed E-state index contributed by atoms with van der Waals surface area (Å²) < 4.78 is 11.1. The molecule has 2 rings (SSSR count). The molecular formula is C17H27ClN2O2. The molecule has 1 N–H and O–H groups in total. The van der Waals surface area contributed by atoms with E-state index in [0.717, 1.165) is 18.7 Å². The summed E-state index contributed by atoms with van der Waals surface area (Å²) in [5.41, 5.74) is 0. The van der Waals surface area contributed by atoms with Crippen molar-refractivity contribution in [2.75, 3.05) is 40.4 Å². The van der Waals surface area contributed by atoms with Gasteiger partial charge in [-0.3, -0.25) is 0 Å². The number of benzene rings is 1. The van der Waals surface area contributed by atoms with Gasteiger partial charge in [-0.1, -0.05) is 11.6 Å². The lowest BCUT2D eigenvalue weighted by Crippen LogP contribution is -2.41. The molecular weight excluding hydrogens is 300 g/mol. The Morgan fingerprint density at radius 2 is 2.00 bits per heavy atom. The zero-order valence-electron chi connectivity index (χ0n) is 13.6. The number of likely N-dealkylation sites (tertiary alicyclic amines) is 1. The second kappa shape index (κ2) is 9.23. The van der Waals surface area contributed by atoms with E-state index >= 15 is 0 Å². The summed E-state index contributed by atoms with van der Waals surface area (Å²) >= 11 is 5.94. The van der Waals surface area contributed by atoms with Crippen molar-refractivity contribution in [3.63, 3.8) is 0 Å². The molecule has 0 amide bonds. The minimum atomic E-state index is 0.661. The Hall–Kier alpha value is -0.970. The molecule has 1 fully saturated rings. The van der Waals surface area contributed by atoms with Crippen LogP contribution in [0.5, 0.6) is 11.5 Å². The van der Waals surface area contributed by atoms with Crippen molar-refractivity contribution in [2.24, 2.45) is 0 Å². The molecule has 0 spiro atoms. The van der Waals surface area contributed by atoms with Crippen molar-refractivity contribution in [3.05, 3.63) is 23.2 Å². The van der Waals surface area contributed by atoms with Crippen LogP contribution in [0.3, 0.4) is 0 Å². The summed E-state index contributed by atoms with van der Waals surface area (Å²) in [7, 11) is 3.69. The quantitative estimate of drug-likeness (QED) is 0.744. The molecule has 1 aromatic rings. The first kappa shape index (κ1) is 17.4. The van der Waals surface area contributed by atoms with E-state index in [9.17, 15) is 0 Å². The molecule has 0 saturated carbocycles. The zero-order chi connectivity index (χ0) is 15.8. The van der Waals surface area contributed by atoms with Crippen LogP contribution in [0, 0.1) is 0 Å². The Balaban J connectivity index is 1.62. The minimum Gasteiger partial charge on any atom is -0.493 e. The lowest BCUT2D eigenvalue weighted by Gasteiger charge is -2.31. The molecule has 22 heavy (non-hydrogen) atoms. The molecule has 124 valence electrons. The summed E-state index contributed by atoms with van der Waals surface area (Å²) in [6.45, 7) is 4.29. The maximum Gasteiger partial charge on any atom is 0.162 e. The standard InChI is InChI=1S/C17H27ClN2O2/c1-19-15-7-10-20(11-8-15)9-3-4-12-22-16-6-5-14(18)13-17(16)21-2/h5-6,13,15,19H,3-4,7-12H2,1-2H3. The molecule has 0 aliphatic carbocycles. The number of unbranched alkanes of at least 4 members (excludes halogenated alkanes) is 1. The number of hydrogen-bond acceptors (Lipinski definition) is 4. The van der Waals surface area contributed by atoms with Crippen molar-refractivity contribution < 1.29 is 9.47 Å². The van der Waals surface area contributed by atoms with E-state index in [1.807, 2.05) is 12.1 Å². The Labute approximate surface area is 138 Å². The van der Waals surface area contributed by atoms with Crippen LogP contribution in [0.4, 0.5) is 0 Å². The zero-order valence-corrected chi connectivity index (χ0v) is 14.4. The molecule has 1 heterocycles. The highest BCUT2D eigenvalue weighted by atomic mass is 35.5. The van der Waals surface area contributed by atoms with Crippen LogP contribution >= 0.6 is 11.6 Å². The molecule has 0 unspecified atom stereocenters. The van der Waals surface area contributed by atoms with Crippen LogP contribution in [0.25, 0.3) is 0 Å². The van der Waals surface area contributed by atoms with Gasteiger partial charge in [0.25, 0.3) is 0 Å². The fraction of sp³-hybridized carbons (Fsp3) is 0.647. The molecule has 1 aliphatic rings. The average molecular weight is 327 g/mol. The molecule has 5 heteroatoms. The normalized spacial score (nSPS) is 16.7. The Bertz CT molecular complexity index is 448. The van der Waals surface area contributed by atoms with Gasteiger partial charge in [-0.05, 0) is 64.5 Å². The van der Waals surface area contributed by atoms with Gasteiger partial charge < -0.3 is 19.7 Å². The summed E-state index contributed by atoms with van der Waals surface area (Å²) in [5.74, 6) is 1.46. The maximum atomic E-state index is 5.94. The topological polar surface area (TPSA) is 33.7 Å². The van der Waals surface area contributed by atoms with E-state index in [1.54, 1.807) is 13.2 Å². The third-order valence-corrected chi connectivity index (χ3v) is 4.48. The lowest BCUT2D eigenvalue weighted by atomic mass is 10.1. The van der Waals surface area contributed by atoms with Gasteiger partial charge in [-0.15, -0.1) is 0 Å². The number of methoxy groups -OCH3 is 1. The smallest absolute Gasteiger partial charge is 0.162 e. The van der Waals surface area contributed by atoms with E-state index in [0.29, 0.717) is 23.4 Å². The van der Waals surface area contributed by atoms with Crippen LogP contribution in [0.15, 0.2) is 18.2 Å². The number of rotatable bonds is 8.